The lowest BCUT2D eigenvalue weighted by Gasteiger charge is -2.37. The summed E-state index contributed by atoms with van der Waals surface area (Å²) in [6.07, 6.45) is 0.640. The predicted octanol–water partition coefficient (Wildman–Crippen LogP) is 2.96. The molecule has 2 aromatic carbocycles. The molecule has 0 amide bonds. The molecule has 0 aliphatic carbocycles. The molecular weight excluding hydrogens is 376 g/mol. The van der Waals surface area contributed by atoms with Gasteiger partial charge in [-0.05, 0) is 24.3 Å². The number of esters is 1. The molecule has 5 nitrogen and oxygen atoms in total. The molecule has 0 N–H and O–H groups in total. The summed E-state index contributed by atoms with van der Waals surface area (Å²) in [5.41, 5.74) is 0.274. The maximum absolute atomic E-state index is 13.8. The molecule has 0 unspecified atom stereocenters. The molecule has 4 rings (SSSR count). The van der Waals surface area contributed by atoms with Crippen LogP contribution in [0.15, 0.2) is 42.5 Å². The minimum absolute atomic E-state index is 0.140. The van der Waals surface area contributed by atoms with Gasteiger partial charge in [0, 0.05) is 37.1 Å². The molecule has 2 aliphatic rings. The molecule has 1 saturated heterocycles. The van der Waals surface area contributed by atoms with E-state index in [1.54, 1.807) is 12.1 Å². The van der Waals surface area contributed by atoms with E-state index in [-0.39, 0.29) is 18.7 Å². The van der Waals surface area contributed by atoms with Crippen molar-refractivity contribution in [1.29, 1.82) is 0 Å². The molecular formula is C19H17F2NO4S. The van der Waals surface area contributed by atoms with Crippen LogP contribution in [-0.4, -0.2) is 31.8 Å². The van der Waals surface area contributed by atoms with Gasteiger partial charge in [0.2, 0.25) is 10.0 Å². The van der Waals surface area contributed by atoms with Crippen molar-refractivity contribution in [3.8, 4) is 0 Å². The fourth-order valence-corrected chi connectivity index (χ4v) is 5.32. The fraction of sp³-hybridized carbons (Fsp3) is 0.316. The molecule has 0 bridgehead atoms. The smallest absolute Gasteiger partial charge is 0.339 e. The molecule has 1 spiro atoms. The van der Waals surface area contributed by atoms with Crippen molar-refractivity contribution in [2.24, 2.45) is 0 Å². The Kier molecular flexibility index (Phi) is 4.27. The van der Waals surface area contributed by atoms with Crippen LogP contribution in [0.4, 0.5) is 8.78 Å². The number of rotatable bonds is 3. The number of carbonyl (C=O) groups is 1. The van der Waals surface area contributed by atoms with Crippen LogP contribution in [-0.2, 0) is 26.1 Å². The minimum atomic E-state index is -3.83. The highest BCUT2D eigenvalue weighted by Gasteiger charge is 2.48. The number of hydrogen-bond acceptors (Lipinski definition) is 4. The zero-order valence-corrected chi connectivity index (χ0v) is 15.1. The highest BCUT2D eigenvalue weighted by atomic mass is 32.2. The Labute approximate surface area is 155 Å². The summed E-state index contributed by atoms with van der Waals surface area (Å²) in [4.78, 5) is 12.1. The Morgan fingerprint density at radius 1 is 1.07 bits per heavy atom. The Balaban J connectivity index is 1.53. The first-order valence-electron chi connectivity index (χ1n) is 8.55. The number of hydrogen-bond donors (Lipinski definition) is 0. The van der Waals surface area contributed by atoms with E-state index in [0.29, 0.717) is 18.4 Å². The average molecular weight is 393 g/mol. The Bertz CT molecular complexity index is 1010. The van der Waals surface area contributed by atoms with Crippen LogP contribution in [0, 0.1) is 11.6 Å². The summed E-state index contributed by atoms with van der Waals surface area (Å²) in [7, 11) is -3.83. The van der Waals surface area contributed by atoms with Crippen molar-refractivity contribution < 1.29 is 26.7 Å². The number of benzene rings is 2. The molecule has 0 saturated carbocycles. The monoisotopic (exact) mass is 393 g/mol. The van der Waals surface area contributed by atoms with Crippen LogP contribution in [0.5, 0.6) is 0 Å². The van der Waals surface area contributed by atoms with Gasteiger partial charge in [0.05, 0.1) is 11.3 Å². The van der Waals surface area contributed by atoms with Gasteiger partial charge in [0.25, 0.3) is 0 Å². The molecule has 8 heteroatoms. The molecule has 1 fully saturated rings. The minimum Gasteiger partial charge on any atom is -0.450 e. The quantitative estimate of drug-likeness (QED) is 0.753. The molecule has 2 heterocycles. The van der Waals surface area contributed by atoms with Crippen molar-refractivity contribution >= 4 is 16.0 Å². The lowest BCUT2D eigenvalue weighted by molar-refractivity contribution is -0.0329. The number of sulfonamides is 1. The molecule has 27 heavy (non-hydrogen) atoms. The summed E-state index contributed by atoms with van der Waals surface area (Å²) in [5.74, 6) is -2.45. The van der Waals surface area contributed by atoms with Crippen LogP contribution >= 0.6 is 0 Å². The van der Waals surface area contributed by atoms with E-state index in [4.69, 9.17) is 4.74 Å². The number of nitrogens with zero attached hydrogens (tertiary/aromatic N) is 1. The van der Waals surface area contributed by atoms with Crippen LogP contribution in [0.25, 0.3) is 0 Å². The predicted molar refractivity (Wildman–Crippen MR) is 93.3 cm³/mol. The maximum Gasteiger partial charge on any atom is 0.339 e. The lowest BCUT2D eigenvalue weighted by Crippen LogP contribution is -2.45. The van der Waals surface area contributed by atoms with Gasteiger partial charge in [-0.1, -0.05) is 18.2 Å². The highest BCUT2D eigenvalue weighted by Crippen LogP contribution is 2.44. The number of fused-ring (bicyclic) bond motifs is 2. The number of halogens is 2. The highest BCUT2D eigenvalue weighted by molar-refractivity contribution is 7.88. The van der Waals surface area contributed by atoms with Gasteiger partial charge in [-0.15, -0.1) is 0 Å². The third kappa shape index (κ3) is 3.12. The van der Waals surface area contributed by atoms with E-state index in [0.717, 1.165) is 23.8 Å². The van der Waals surface area contributed by atoms with Crippen molar-refractivity contribution in [2.45, 2.75) is 24.2 Å². The van der Waals surface area contributed by atoms with Crippen molar-refractivity contribution in [3.05, 3.63) is 70.8 Å². The first-order valence-corrected chi connectivity index (χ1v) is 10.2. The first kappa shape index (κ1) is 18.1. The van der Waals surface area contributed by atoms with E-state index in [1.807, 2.05) is 12.1 Å². The average Bonchev–Trinajstić information content (AvgIpc) is 2.91. The summed E-state index contributed by atoms with van der Waals surface area (Å²) in [6.45, 7) is 0.280. The molecule has 2 aliphatic heterocycles. The summed E-state index contributed by atoms with van der Waals surface area (Å²) in [5, 5.41) is 0. The second-order valence-corrected chi connectivity index (χ2v) is 8.79. The lowest BCUT2D eigenvalue weighted by atomic mass is 9.84. The van der Waals surface area contributed by atoms with E-state index in [2.05, 4.69) is 0 Å². The van der Waals surface area contributed by atoms with Gasteiger partial charge < -0.3 is 4.74 Å². The standard InChI is InChI=1S/C19H17F2NO4S/c20-14-5-6-17(21)13(11-14)12-27(24,25)22-9-7-19(8-10-22)16-4-2-1-3-15(16)18(23)26-19/h1-6,11H,7-10,12H2. The number of ether oxygens (including phenoxy) is 1. The largest absolute Gasteiger partial charge is 0.450 e. The van der Waals surface area contributed by atoms with Crippen LogP contribution in [0.1, 0.15) is 34.3 Å². The van der Waals surface area contributed by atoms with Crippen molar-refractivity contribution in [1.82, 2.24) is 4.31 Å². The molecule has 0 atom stereocenters. The van der Waals surface area contributed by atoms with Gasteiger partial charge in [-0.3, -0.25) is 0 Å². The van der Waals surface area contributed by atoms with Crippen LogP contribution < -0.4 is 0 Å². The van der Waals surface area contributed by atoms with E-state index in [1.165, 1.54) is 4.31 Å². The summed E-state index contributed by atoms with van der Waals surface area (Å²) >= 11 is 0. The van der Waals surface area contributed by atoms with Crippen LogP contribution in [0.3, 0.4) is 0 Å². The van der Waals surface area contributed by atoms with Gasteiger partial charge in [0.15, 0.2) is 0 Å². The first-order chi connectivity index (χ1) is 12.8. The van der Waals surface area contributed by atoms with E-state index < -0.39 is 39.0 Å². The van der Waals surface area contributed by atoms with Gasteiger partial charge in [0.1, 0.15) is 17.2 Å². The summed E-state index contributed by atoms with van der Waals surface area (Å²) < 4.78 is 59.3. The molecule has 0 aromatic heterocycles. The number of carbonyl (C=O) groups excluding carboxylic acids is 1. The second kappa shape index (κ2) is 6.38. The van der Waals surface area contributed by atoms with E-state index in [9.17, 15) is 22.0 Å². The zero-order valence-electron chi connectivity index (χ0n) is 14.3. The molecule has 0 radical (unpaired) electrons. The number of piperidine rings is 1. The van der Waals surface area contributed by atoms with Gasteiger partial charge >= 0.3 is 5.97 Å². The third-order valence-corrected chi connectivity index (χ3v) is 7.02. The van der Waals surface area contributed by atoms with E-state index >= 15 is 0 Å². The normalized spacial score (nSPS) is 19.1. The topological polar surface area (TPSA) is 63.7 Å². The third-order valence-electron chi connectivity index (χ3n) is 5.20. The maximum atomic E-state index is 13.8. The van der Waals surface area contributed by atoms with Gasteiger partial charge in [-0.25, -0.2) is 26.3 Å². The van der Waals surface area contributed by atoms with Crippen molar-refractivity contribution in [3.63, 3.8) is 0 Å². The SMILES string of the molecule is O=C1OC2(CCN(S(=O)(=O)Cc3cc(F)ccc3F)CC2)c2ccccc21. The second-order valence-electron chi connectivity index (χ2n) is 6.82. The fourth-order valence-electron chi connectivity index (χ4n) is 3.78. The zero-order chi connectivity index (χ0) is 19.2. The Hall–Kier alpha value is -2.32. The Morgan fingerprint density at radius 3 is 2.52 bits per heavy atom. The Morgan fingerprint density at radius 2 is 1.78 bits per heavy atom. The molecule has 2 aromatic rings. The molecule has 142 valence electrons. The van der Waals surface area contributed by atoms with Gasteiger partial charge in [-0.2, -0.15) is 0 Å². The van der Waals surface area contributed by atoms with Crippen LogP contribution in [0.2, 0.25) is 0 Å². The van der Waals surface area contributed by atoms with Crippen molar-refractivity contribution in [2.75, 3.05) is 13.1 Å². The summed E-state index contributed by atoms with van der Waals surface area (Å²) in [6, 6.07) is 9.86.